The Morgan fingerprint density at radius 2 is 1.92 bits per heavy atom. The van der Waals surface area contributed by atoms with Gasteiger partial charge in [-0.05, 0) is 48.7 Å². The lowest BCUT2D eigenvalue weighted by molar-refractivity contribution is 0.409. The van der Waals surface area contributed by atoms with Crippen LogP contribution in [0.1, 0.15) is 6.42 Å². The molecular weight excluding hydrogens is 362 g/mol. The van der Waals surface area contributed by atoms with Crippen molar-refractivity contribution in [3.8, 4) is 5.75 Å². The van der Waals surface area contributed by atoms with E-state index in [2.05, 4.69) is 9.62 Å². The van der Waals surface area contributed by atoms with Crippen LogP contribution in [0.25, 0.3) is 0 Å². The van der Waals surface area contributed by atoms with E-state index >= 15 is 0 Å². The van der Waals surface area contributed by atoms with Crippen LogP contribution in [0.15, 0.2) is 47.4 Å². The molecule has 0 bridgehead atoms. The van der Waals surface area contributed by atoms with E-state index in [4.69, 9.17) is 4.74 Å². The summed E-state index contributed by atoms with van der Waals surface area (Å²) in [6.07, 6.45) is 0.797. The fourth-order valence-electron chi connectivity index (χ4n) is 3.02. The second-order valence-corrected chi connectivity index (χ2v) is 7.96. The highest BCUT2D eigenvalue weighted by molar-refractivity contribution is 7.89. The molecule has 0 saturated carbocycles. The maximum absolute atomic E-state index is 14.0. The number of rotatable bonds is 6. The lowest BCUT2D eigenvalue weighted by atomic mass is 10.1. The first-order valence-electron chi connectivity index (χ1n) is 8.23. The molecule has 0 aromatic heterocycles. The molecule has 2 aromatic carbocycles. The lowest BCUT2D eigenvalue weighted by Crippen LogP contribution is -2.31. The van der Waals surface area contributed by atoms with Crippen LogP contribution in [0.4, 0.5) is 14.5 Å². The van der Waals surface area contributed by atoms with Gasteiger partial charge in [0, 0.05) is 31.4 Å². The SMILES string of the molecule is COc1ccc(S(=O)(=O)NC[C@@H]2CCN(c3ccc(F)cc3)C2)c(F)c1. The number of ether oxygens (including phenoxy) is 1. The second-order valence-electron chi connectivity index (χ2n) is 6.23. The van der Waals surface area contributed by atoms with Gasteiger partial charge in [0.1, 0.15) is 22.3 Å². The molecule has 1 heterocycles. The van der Waals surface area contributed by atoms with Crippen LogP contribution in [-0.4, -0.2) is 35.2 Å². The summed E-state index contributed by atoms with van der Waals surface area (Å²) >= 11 is 0. The number of anilines is 1. The normalized spacial score (nSPS) is 17.5. The van der Waals surface area contributed by atoms with Gasteiger partial charge in [-0.2, -0.15) is 0 Å². The number of nitrogens with zero attached hydrogens (tertiary/aromatic N) is 1. The Morgan fingerprint density at radius 1 is 1.19 bits per heavy atom. The molecule has 2 aromatic rings. The van der Waals surface area contributed by atoms with Crippen molar-refractivity contribution in [2.24, 2.45) is 5.92 Å². The van der Waals surface area contributed by atoms with Crippen LogP contribution in [0.3, 0.4) is 0 Å². The Balaban J connectivity index is 1.61. The average molecular weight is 382 g/mol. The fourth-order valence-corrected chi connectivity index (χ4v) is 4.19. The van der Waals surface area contributed by atoms with E-state index in [-0.39, 0.29) is 24.0 Å². The Hall–Kier alpha value is -2.19. The summed E-state index contributed by atoms with van der Waals surface area (Å²) in [5.74, 6) is -0.793. The van der Waals surface area contributed by atoms with Crippen molar-refractivity contribution < 1.29 is 21.9 Å². The quantitative estimate of drug-likeness (QED) is 0.835. The summed E-state index contributed by atoms with van der Waals surface area (Å²) in [6, 6.07) is 9.85. The summed E-state index contributed by atoms with van der Waals surface area (Å²) in [5.41, 5.74) is 0.901. The topological polar surface area (TPSA) is 58.6 Å². The number of nitrogens with one attached hydrogen (secondary N) is 1. The predicted molar refractivity (Wildman–Crippen MR) is 94.9 cm³/mol. The van der Waals surface area contributed by atoms with E-state index in [0.717, 1.165) is 24.7 Å². The van der Waals surface area contributed by atoms with Crippen LogP contribution < -0.4 is 14.4 Å². The third-order valence-corrected chi connectivity index (χ3v) is 5.93. The molecule has 0 spiro atoms. The molecule has 5 nitrogen and oxygen atoms in total. The molecule has 1 N–H and O–H groups in total. The van der Waals surface area contributed by atoms with Crippen molar-refractivity contribution in [1.29, 1.82) is 0 Å². The molecule has 1 saturated heterocycles. The number of benzene rings is 2. The third kappa shape index (κ3) is 4.13. The van der Waals surface area contributed by atoms with Crippen molar-refractivity contribution in [1.82, 2.24) is 4.72 Å². The maximum atomic E-state index is 14.0. The fraction of sp³-hybridized carbons (Fsp3) is 0.333. The number of hydrogen-bond acceptors (Lipinski definition) is 4. The van der Waals surface area contributed by atoms with Gasteiger partial charge < -0.3 is 9.64 Å². The minimum absolute atomic E-state index is 0.0936. The summed E-state index contributed by atoms with van der Waals surface area (Å²) in [7, 11) is -2.56. The lowest BCUT2D eigenvalue weighted by Gasteiger charge is -2.19. The van der Waals surface area contributed by atoms with Gasteiger partial charge in [-0.3, -0.25) is 0 Å². The summed E-state index contributed by atoms with van der Waals surface area (Å²) in [6.45, 7) is 1.62. The number of methoxy groups -OCH3 is 1. The molecule has 8 heteroatoms. The zero-order valence-corrected chi connectivity index (χ0v) is 15.1. The van der Waals surface area contributed by atoms with Gasteiger partial charge in [0.15, 0.2) is 0 Å². The highest BCUT2D eigenvalue weighted by Gasteiger charge is 2.26. The predicted octanol–water partition coefficient (Wildman–Crippen LogP) is 2.78. The molecule has 1 aliphatic heterocycles. The Bertz CT molecular complexity index is 873. The number of halogens is 2. The van der Waals surface area contributed by atoms with Gasteiger partial charge in [0.05, 0.1) is 7.11 Å². The molecule has 1 aliphatic rings. The molecule has 0 unspecified atom stereocenters. The van der Waals surface area contributed by atoms with E-state index in [1.165, 1.54) is 31.4 Å². The highest BCUT2D eigenvalue weighted by Crippen LogP contribution is 2.25. The van der Waals surface area contributed by atoms with Gasteiger partial charge in [0.2, 0.25) is 10.0 Å². The summed E-state index contributed by atoms with van der Waals surface area (Å²) < 4.78 is 59.1. The molecule has 1 atom stereocenters. The Morgan fingerprint density at radius 3 is 2.58 bits per heavy atom. The minimum atomic E-state index is -3.94. The first kappa shape index (κ1) is 18.6. The Kier molecular flexibility index (Phi) is 5.43. The van der Waals surface area contributed by atoms with Crippen molar-refractivity contribution in [3.05, 3.63) is 54.1 Å². The van der Waals surface area contributed by atoms with Crippen LogP contribution >= 0.6 is 0 Å². The largest absolute Gasteiger partial charge is 0.497 e. The second kappa shape index (κ2) is 7.59. The zero-order valence-electron chi connectivity index (χ0n) is 14.3. The van der Waals surface area contributed by atoms with Gasteiger partial charge in [0.25, 0.3) is 0 Å². The smallest absolute Gasteiger partial charge is 0.243 e. The van der Waals surface area contributed by atoms with E-state index in [0.29, 0.717) is 6.54 Å². The van der Waals surface area contributed by atoms with Crippen LogP contribution in [0, 0.1) is 17.6 Å². The van der Waals surface area contributed by atoms with Crippen LogP contribution in [-0.2, 0) is 10.0 Å². The zero-order chi connectivity index (χ0) is 18.7. The van der Waals surface area contributed by atoms with E-state index < -0.39 is 20.7 Å². The van der Waals surface area contributed by atoms with Crippen molar-refractivity contribution in [3.63, 3.8) is 0 Å². The average Bonchev–Trinajstić information content (AvgIpc) is 3.09. The molecule has 26 heavy (non-hydrogen) atoms. The van der Waals surface area contributed by atoms with Crippen molar-refractivity contribution >= 4 is 15.7 Å². The monoisotopic (exact) mass is 382 g/mol. The first-order chi connectivity index (χ1) is 12.4. The van der Waals surface area contributed by atoms with E-state index in [1.54, 1.807) is 12.1 Å². The van der Waals surface area contributed by atoms with Gasteiger partial charge >= 0.3 is 0 Å². The Labute approximate surface area is 151 Å². The van der Waals surface area contributed by atoms with Crippen LogP contribution in [0.5, 0.6) is 5.75 Å². The van der Waals surface area contributed by atoms with Crippen molar-refractivity contribution in [2.45, 2.75) is 11.3 Å². The molecule has 1 fully saturated rings. The first-order valence-corrected chi connectivity index (χ1v) is 9.71. The van der Waals surface area contributed by atoms with Crippen molar-refractivity contribution in [2.75, 3.05) is 31.6 Å². The number of sulfonamides is 1. The minimum Gasteiger partial charge on any atom is -0.497 e. The van der Waals surface area contributed by atoms with E-state index in [9.17, 15) is 17.2 Å². The molecule has 0 amide bonds. The molecule has 3 rings (SSSR count). The molecule has 140 valence electrons. The summed E-state index contributed by atoms with van der Waals surface area (Å²) in [5, 5.41) is 0. The molecule has 0 aliphatic carbocycles. The van der Waals surface area contributed by atoms with Gasteiger partial charge in [-0.15, -0.1) is 0 Å². The third-order valence-electron chi connectivity index (χ3n) is 4.47. The molecule has 0 radical (unpaired) electrons. The standard InChI is InChI=1S/C18H20F2N2O3S/c1-25-16-6-7-18(17(20)10-16)26(23,24)21-11-13-8-9-22(12-13)15-4-2-14(19)3-5-15/h2-7,10,13,21H,8-9,11-12H2,1H3/t13-/m0/s1. The van der Waals surface area contributed by atoms with Gasteiger partial charge in [-0.1, -0.05) is 0 Å². The highest BCUT2D eigenvalue weighted by atomic mass is 32.2. The van der Waals surface area contributed by atoms with Crippen LogP contribution in [0.2, 0.25) is 0 Å². The van der Waals surface area contributed by atoms with Gasteiger partial charge in [-0.25, -0.2) is 21.9 Å². The summed E-state index contributed by atoms with van der Waals surface area (Å²) in [4.78, 5) is 1.68. The van der Waals surface area contributed by atoms with E-state index in [1.807, 2.05) is 0 Å². The molecular formula is C18H20F2N2O3S. The number of hydrogen-bond donors (Lipinski definition) is 1. The maximum Gasteiger partial charge on any atom is 0.243 e.